The van der Waals surface area contributed by atoms with E-state index < -0.39 is 12.1 Å². The minimum absolute atomic E-state index is 0. The molecule has 1 aliphatic heterocycles. The van der Waals surface area contributed by atoms with E-state index in [0.29, 0.717) is 13.1 Å². The number of ether oxygens (including phenoxy) is 1. The molecule has 2 amide bonds. The topological polar surface area (TPSA) is 84.7 Å². The molecule has 0 aromatic carbocycles. The molecule has 106 valence electrons. The molecular weight excluding hydrogens is 258 g/mol. The molecule has 1 fully saturated rings. The van der Waals surface area contributed by atoms with Crippen molar-refractivity contribution in [1.29, 1.82) is 0 Å². The lowest BCUT2D eigenvalue weighted by molar-refractivity contribution is -0.146. The lowest BCUT2D eigenvalue weighted by atomic mass is 9.99. The van der Waals surface area contributed by atoms with Gasteiger partial charge in [0.25, 0.3) is 0 Å². The summed E-state index contributed by atoms with van der Waals surface area (Å²) < 4.78 is 4.87. The fraction of sp³-hybridized carbons (Fsp3) is 0.818. The van der Waals surface area contributed by atoms with Gasteiger partial charge in [0.1, 0.15) is 12.1 Å². The Morgan fingerprint density at radius 2 is 2.22 bits per heavy atom. The SMILES string of the molecule is COCC(N)C(=O)N1CCNC(=O)C1C(C)C.Cl. The van der Waals surface area contributed by atoms with E-state index in [9.17, 15) is 9.59 Å². The van der Waals surface area contributed by atoms with Gasteiger partial charge in [0, 0.05) is 20.2 Å². The highest BCUT2D eigenvalue weighted by molar-refractivity contribution is 5.91. The van der Waals surface area contributed by atoms with Crippen molar-refractivity contribution in [2.24, 2.45) is 11.7 Å². The van der Waals surface area contributed by atoms with Gasteiger partial charge in [0.15, 0.2) is 0 Å². The molecular formula is C11H22ClN3O3. The number of nitrogens with zero attached hydrogens (tertiary/aromatic N) is 1. The summed E-state index contributed by atoms with van der Waals surface area (Å²) >= 11 is 0. The van der Waals surface area contributed by atoms with Crippen LogP contribution in [-0.2, 0) is 14.3 Å². The molecule has 0 aliphatic carbocycles. The zero-order chi connectivity index (χ0) is 13.0. The van der Waals surface area contributed by atoms with Crippen molar-refractivity contribution in [3.63, 3.8) is 0 Å². The molecule has 3 N–H and O–H groups in total. The van der Waals surface area contributed by atoms with Gasteiger partial charge in [0.2, 0.25) is 11.8 Å². The van der Waals surface area contributed by atoms with Crippen molar-refractivity contribution < 1.29 is 14.3 Å². The number of methoxy groups -OCH3 is 1. The highest BCUT2D eigenvalue weighted by Gasteiger charge is 2.36. The molecule has 0 radical (unpaired) electrons. The van der Waals surface area contributed by atoms with Crippen molar-refractivity contribution in [3.05, 3.63) is 0 Å². The quantitative estimate of drug-likeness (QED) is 0.717. The highest BCUT2D eigenvalue weighted by atomic mass is 35.5. The Labute approximate surface area is 114 Å². The summed E-state index contributed by atoms with van der Waals surface area (Å²) in [5.41, 5.74) is 5.72. The molecule has 1 aliphatic rings. The van der Waals surface area contributed by atoms with Gasteiger partial charge in [-0.25, -0.2) is 0 Å². The molecule has 2 unspecified atom stereocenters. The minimum atomic E-state index is -0.702. The summed E-state index contributed by atoms with van der Waals surface area (Å²) in [6.45, 7) is 4.98. The molecule has 0 saturated carbocycles. The van der Waals surface area contributed by atoms with Crippen LogP contribution in [0, 0.1) is 5.92 Å². The van der Waals surface area contributed by atoms with E-state index >= 15 is 0 Å². The molecule has 7 heteroatoms. The zero-order valence-corrected chi connectivity index (χ0v) is 11.8. The maximum atomic E-state index is 12.1. The van der Waals surface area contributed by atoms with Gasteiger partial charge in [-0.3, -0.25) is 9.59 Å². The molecule has 1 rings (SSSR count). The van der Waals surface area contributed by atoms with E-state index in [4.69, 9.17) is 10.5 Å². The van der Waals surface area contributed by atoms with Crippen LogP contribution < -0.4 is 11.1 Å². The largest absolute Gasteiger partial charge is 0.383 e. The lowest BCUT2D eigenvalue weighted by Crippen LogP contribution is -2.62. The van der Waals surface area contributed by atoms with Gasteiger partial charge in [-0.05, 0) is 5.92 Å². The first kappa shape index (κ1) is 17.2. The van der Waals surface area contributed by atoms with Crippen molar-refractivity contribution in [3.8, 4) is 0 Å². The number of hydrogen-bond acceptors (Lipinski definition) is 4. The number of halogens is 1. The van der Waals surface area contributed by atoms with Crippen molar-refractivity contribution in [2.75, 3.05) is 26.8 Å². The monoisotopic (exact) mass is 279 g/mol. The Bertz CT molecular complexity index is 299. The normalized spacial score (nSPS) is 21.3. The number of nitrogens with one attached hydrogen (secondary N) is 1. The van der Waals surface area contributed by atoms with E-state index in [1.165, 1.54) is 7.11 Å². The third-order valence-electron chi connectivity index (χ3n) is 2.83. The van der Waals surface area contributed by atoms with Gasteiger partial charge in [-0.1, -0.05) is 13.8 Å². The standard InChI is InChI=1S/C11H21N3O3.ClH/c1-7(2)9-10(15)13-4-5-14(9)11(16)8(12)6-17-3;/h7-9H,4-6,12H2,1-3H3,(H,13,15);1H. The van der Waals surface area contributed by atoms with Crippen LogP contribution in [0.2, 0.25) is 0 Å². The second kappa shape index (κ2) is 7.56. The van der Waals surface area contributed by atoms with Crippen LogP contribution in [0.5, 0.6) is 0 Å². The highest BCUT2D eigenvalue weighted by Crippen LogP contribution is 2.15. The Morgan fingerprint density at radius 3 is 2.72 bits per heavy atom. The predicted molar refractivity (Wildman–Crippen MR) is 70.4 cm³/mol. The molecule has 0 aromatic heterocycles. The van der Waals surface area contributed by atoms with E-state index in [1.807, 2.05) is 13.8 Å². The van der Waals surface area contributed by atoms with E-state index in [0.717, 1.165) is 0 Å². The van der Waals surface area contributed by atoms with Crippen LogP contribution >= 0.6 is 12.4 Å². The average Bonchev–Trinajstić information content (AvgIpc) is 2.27. The summed E-state index contributed by atoms with van der Waals surface area (Å²) in [6.07, 6.45) is 0. The first-order chi connectivity index (χ1) is 7.99. The Hall–Kier alpha value is -0.850. The van der Waals surface area contributed by atoms with Gasteiger partial charge in [-0.15, -0.1) is 12.4 Å². The summed E-state index contributed by atoms with van der Waals surface area (Å²) in [6, 6.07) is -1.13. The second-order valence-corrected chi connectivity index (χ2v) is 4.57. The number of carbonyl (C=O) groups is 2. The van der Waals surface area contributed by atoms with Gasteiger partial charge < -0.3 is 20.7 Å². The molecule has 0 bridgehead atoms. The number of carbonyl (C=O) groups excluding carboxylic acids is 2. The van der Waals surface area contributed by atoms with Crippen molar-refractivity contribution >= 4 is 24.2 Å². The third kappa shape index (κ3) is 3.83. The lowest BCUT2D eigenvalue weighted by Gasteiger charge is -2.38. The minimum Gasteiger partial charge on any atom is -0.383 e. The summed E-state index contributed by atoms with van der Waals surface area (Å²) in [4.78, 5) is 25.4. The molecule has 18 heavy (non-hydrogen) atoms. The summed E-state index contributed by atoms with van der Waals surface area (Å²) in [5, 5.41) is 2.76. The number of nitrogens with two attached hydrogens (primary N) is 1. The Morgan fingerprint density at radius 1 is 1.61 bits per heavy atom. The van der Waals surface area contributed by atoms with E-state index in [-0.39, 0.29) is 36.7 Å². The molecule has 1 heterocycles. The fourth-order valence-electron chi connectivity index (χ4n) is 2.06. The van der Waals surface area contributed by atoms with Gasteiger partial charge in [-0.2, -0.15) is 0 Å². The molecule has 1 saturated heterocycles. The number of piperazine rings is 1. The number of rotatable bonds is 4. The Balaban J connectivity index is 0.00000289. The maximum Gasteiger partial charge on any atom is 0.243 e. The first-order valence-electron chi connectivity index (χ1n) is 5.81. The first-order valence-corrected chi connectivity index (χ1v) is 5.81. The zero-order valence-electron chi connectivity index (χ0n) is 11.0. The molecule has 2 atom stereocenters. The van der Waals surface area contributed by atoms with Crippen LogP contribution in [-0.4, -0.2) is 55.6 Å². The fourth-order valence-corrected chi connectivity index (χ4v) is 2.06. The van der Waals surface area contributed by atoms with E-state index in [2.05, 4.69) is 5.32 Å². The number of hydrogen-bond donors (Lipinski definition) is 2. The Kier molecular flexibility index (Phi) is 7.20. The average molecular weight is 280 g/mol. The predicted octanol–water partition coefficient (Wildman–Crippen LogP) is -0.635. The smallest absolute Gasteiger partial charge is 0.243 e. The maximum absolute atomic E-state index is 12.1. The van der Waals surface area contributed by atoms with Crippen LogP contribution in [0.4, 0.5) is 0 Å². The third-order valence-corrected chi connectivity index (χ3v) is 2.83. The van der Waals surface area contributed by atoms with Crippen LogP contribution in [0.25, 0.3) is 0 Å². The molecule has 0 spiro atoms. The summed E-state index contributed by atoms with van der Waals surface area (Å²) in [7, 11) is 1.50. The molecule has 0 aromatic rings. The van der Waals surface area contributed by atoms with E-state index in [1.54, 1.807) is 4.90 Å². The van der Waals surface area contributed by atoms with Gasteiger partial charge >= 0.3 is 0 Å². The van der Waals surface area contributed by atoms with Crippen LogP contribution in [0.3, 0.4) is 0 Å². The molecule has 6 nitrogen and oxygen atoms in total. The second-order valence-electron chi connectivity index (χ2n) is 4.57. The van der Waals surface area contributed by atoms with Crippen molar-refractivity contribution in [2.45, 2.75) is 25.9 Å². The van der Waals surface area contributed by atoms with Crippen LogP contribution in [0.15, 0.2) is 0 Å². The summed E-state index contributed by atoms with van der Waals surface area (Å²) in [5.74, 6) is -0.265. The van der Waals surface area contributed by atoms with Crippen LogP contribution in [0.1, 0.15) is 13.8 Å². The van der Waals surface area contributed by atoms with Crippen molar-refractivity contribution in [1.82, 2.24) is 10.2 Å². The van der Waals surface area contributed by atoms with Gasteiger partial charge in [0.05, 0.1) is 6.61 Å². The number of amides is 2.